The summed E-state index contributed by atoms with van der Waals surface area (Å²) in [6.45, 7) is 55.2. The topological polar surface area (TPSA) is 0 Å². The molecule has 6 aromatic carbocycles. The lowest BCUT2D eigenvalue weighted by Crippen LogP contribution is -2.20. The predicted molar refractivity (Wildman–Crippen MR) is 334 cm³/mol. The van der Waals surface area contributed by atoms with Crippen LogP contribution in [0.15, 0.2) is 99.9 Å². The molecule has 0 heterocycles. The van der Waals surface area contributed by atoms with E-state index < -0.39 is 40.1 Å². The highest BCUT2D eigenvalue weighted by Crippen LogP contribution is 2.37. The van der Waals surface area contributed by atoms with E-state index in [2.05, 4.69) is 270 Å². The van der Waals surface area contributed by atoms with Gasteiger partial charge in [-0.2, -0.15) is 0 Å². The zero-order valence-corrected chi connectivity index (χ0v) is 55.7. The largest absolute Gasteiger partial charge is 0.203 e. The molecule has 0 fully saturated rings. The van der Waals surface area contributed by atoms with Gasteiger partial charge in [0.25, 0.3) is 0 Å². The molecule has 0 spiro atoms. The van der Waals surface area contributed by atoms with Gasteiger partial charge in [-0.15, -0.1) is 0 Å². The lowest BCUT2D eigenvalue weighted by Gasteiger charge is -2.27. The normalized spacial score (nSPS) is 11.9. The van der Waals surface area contributed by atoms with Crippen LogP contribution in [0.4, 0.5) is 22.0 Å². The molecule has 6 rings (SSSR count). The molecule has 0 unspecified atom stereocenters. The molecule has 426 valence electrons. The molecule has 0 N–H and O–H groups in total. The minimum Gasteiger partial charge on any atom is -0.203 e. The smallest absolute Gasteiger partial charge is 0.200 e. The van der Waals surface area contributed by atoms with Gasteiger partial charge in [0, 0.05) is 19.5 Å². The van der Waals surface area contributed by atoms with Crippen molar-refractivity contribution in [2.45, 2.75) is 218 Å². The van der Waals surface area contributed by atoms with Crippen LogP contribution in [-0.4, -0.2) is 0 Å². The highest BCUT2D eigenvalue weighted by molar-refractivity contribution is 9.10. The minimum atomic E-state index is -2.13. The van der Waals surface area contributed by atoms with Crippen molar-refractivity contribution >= 4 is 43.5 Å². The molecule has 0 aliphatic rings. The fourth-order valence-corrected chi connectivity index (χ4v) is 12.2. The summed E-state index contributed by atoms with van der Waals surface area (Å²) in [6.07, 6.45) is 0. The summed E-state index contributed by atoms with van der Waals surface area (Å²) in [5.74, 6) is -8.89. The number of aryl methyl sites for hydroxylation is 6. The number of rotatable bonds is 1. The van der Waals surface area contributed by atoms with Crippen LogP contribution in [0.3, 0.4) is 0 Å². The second kappa shape index (κ2) is 28.6. The van der Waals surface area contributed by atoms with Crippen LogP contribution in [-0.2, 0) is 32.5 Å². The third-order valence-electron chi connectivity index (χ3n) is 12.7. The molecule has 0 aliphatic heterocycles. The zero-order chi connectivity index (χ0) is 60.3. The Labute approximate surface area is 487 Å². The van der Waals surface area contributed by atoms with Crippen LogP contribution in [0.2, 0.25) is 5.02 Å². The SMILES string of the molecule is CC(C)(C)c1c(F)c(F)c(F)c(F)c1F.Cc1cc(Br)cc(C(C)C)c1C(C)(C)C.Cc1cc(C)c(C(C)(C)C)c(Br)c1.Cc1cccc(Cl)c1C(C)(C)C.Cc1ccccc1C(C)(C)C.Cc1ccccc1C(C)(C)C. The average Bonchev–Trinajstić information content (AvgIpc) is 3.23. The first-order valence-electron chi connectivity index (χ1n) is 26.7. The van der Waals surface area contributed by atoms with Crippen molar-refractivity contribution in [1.29, 1.82) is 0 Å². The van der Waals surface area contributed by atoms with Gasteiger partial charge in [-0.05, 0) is 171 Å². The fourth-order valence-electron chi connectivity index (χ4n) is 9.79. The summed E-state index contributed by atoms with van der Waals surface area (Å²) in [5.41, 5.74) is 15.9. The number of benzene rings is 6. The van der Waals surface area contributed by atoms with E-state index in [1.165, 1.54) is 96.5 Å². The molecule has 0 atom stereocenters. The minimum absolute atomic E-state index is 0.141. The van der Waals surface area contributed by atoms with Crippen LogP contribution in [0.25, 0.3) is 0 Å². The molecule has 6 aromatic rings. The maximum Gasteiger partial charge on any atom is 0.200 e. The average molecular weight is 1210 g/mol. The van der Waals surface area contributed by atoms with Crippen molar-refractivity contribution in [3.8, 4) is 0 Å². The van der Waals surface area contributed by atoms with Crippen LogP contribution >= 0.6 is 43.5 Å². The van der Waals surface area contributed by atoms with Gasteiger partial charge < -0.3 is 0 Å². The Morgan fingerprint density at radius 3 is 1.01 bits per heavy atom. The van der Waals surface area contributed by atoms with Gasteiger partial charge in [0.05, 0.1) is 0 Å². The third kappa shape index (κ3) is 21.7. The lowest BCUT2D eigenvalue weighted by atomic mass is 9.78. The first-order chi connectivity index (χ1) is 34.7. The Morgan fingerprint density at radius 2 is 0.714 bits per heavy atom. The Kier molecular flexibility index (Phi) is 26.4. The molecule has 8 heteroatoms. The van der Waals surface area contributed by atoms with E-state index in [0.717, 1.165) is 5.02 Å². The summed E-state index contributed by atoms with van der Waals surface area (Å²) in [6, 6.07) is 32.1. The zero-order valence-electron chi connectivity index (χ0n) is 51.8. The monoisotopic (exact) mass is 1210 g/mol. The van der Waals surface area contributed by atoms with E-state index in [9.17, 15) is 22.0 Å². The molecular formula is C69H94Br2ClF5. The van der Waals surface area contributed by atoms with Gasteiger partial charge in [-0.1, -0.05) is 249 Å². The maximum atomic E-state index is 13.2. The molecule has 0 amide bonds. The van der Waals surface area contributed by atoms with Gasteiger partial charge in [0.2, 0.25) is 5.82 Å². The standard InChI is InChI=1S/C14H21Br.C12H17Br.C11H15Cl.2C11H16.C10H9F5/c1-9(2)12-8-11(15)7-10(3)13(12)14(4,5)6;1-8-6-9(2)11(10(13)7-8)12(3,4)5;1-8-6-5-7-9(12)10(8)11(2,3)4;2*1-9-7-5-6-8-10(9)11(2,3)4;1-10(2,3)4-5(11)7(13)9(15)8(14)6(4)12/h7-9H,1-6H3;6-7H,1-5H3;5-7H,1-4H3;2*5-8H,1-4H3;1-3H3. The fraction of sp³-hybridized carbons (Fsp3) is 0.478. The summed E-state index contributed by atoms with van der Waals surface area (Å²) in [4.78, 5) is 0. The Balaban J connectivity index is 0.000000464. The van der Waals surface area contributed by atoms with Crippen LogP contribution in [0.5, 0.6) is 0 Å². The number of hydrogen-bond acceptors (Lipinski definition) is 0. The summed E-state index contributed by atoms with van der Waals surface area (Å²) < 4.78 is 67.0. The van der Waals surface area contributed by atoms with Gasteiger partial charge in [-0.25, -0.2) is 22.0 Å². The van der Waals surface area contributed by atoms with Gasteiger partial charge in [0.1, 0.15) is 0 Å². The van der Waals surface area contributed by atoms with Gasteiger partial charge >= 0.3 is 0 Å². The number of hydrogen-bond donors (Lipinski definition) is 0. The third-order valence-corrected chi connectivity index (χ3v) is 14.1. The Hall–Kier alpha value is -3.78. The lowest BCUT2D eigenvalue weighted by molar-refractivity contribution is 0.353. The predicted octanol–water partition coefficient (Wildman–Crippen LogP) is 23.8. The second-order valence-electron chi connectivity index (χ2n) is 26.8. The Bertz CT molecular complexity index is 2740. The van der Waals surface area contributed by atoms with Crippen LogP contribution in [0, 0.1) is 70.6 Å². The molecule has 0 saturated heterocycles. The molecule has 0 aromatic heterocycles. The highest BCUT2D eigenvalue weighted by atomic mass is 79.9. The van der Waals surface area contributed by atoms with Crippen molar-refractivity contribution in [1.82, 2.24) is 0 Å². The van der Waals surface area contributed by atoms with E-state index in [-0.39, 0.29) is 27.1 Å². The molecule has 0 nitrogen and oxygen atoms in total. The number of halogens is 8. The Morgan fingerprint density at radius 1 is 0.364 bits per heavy atom. The second-order valence-corrected chi connectivity index (χ2v) is 29.0. The molecule has 0 radical (unpaired) electrons. The van der Waals surface area contributed by atoms with E-state index in [1.54, 1.807) is 0 Å². The summed E-state index contributed by atoms with van der Waals surface area (Å²) >= 11 is 13.3. The summed E-state index contributed by atoms with van der Waals surface area (Å²) in [5, 5.41) is 0.877. The van der Waals surface area contributed by atoms with E-state index >= 15 is 0 Å². The summed E-state index contributed by atoms with van der Waals surface area (Å²) in [7, 11) is 0. The van der Waals surface area contributed by atoms with E-state index in [1.807, 2.05) is 12.1 Å². The van der Waals surface area contributed by atoms with Crippen molar-refractivity contribution in [2.24, 2.45) is 0 Å². The molecular weight excluding hydrogens is 1120 g/mol. The van der Waals surface area contributed by atoms with E-state index in [0.29, 0.717) is 5.92 Å². The van der Waals surface area contributed by atoms with E-state index in [4.69, 9.17) is 11.6 Å². The van der Waals surface area contributed by atoms with Crippen LogP contribution < -0.4 is 0 Å². The molecule has 77 heavy (non-hydrogen) atoms. The van der Waals surface area contributed by atoms with Gasteiger partial charge in [-0.3, -0.25) is 0 Å². The van der Waals surface area contributed by atoms with Gasteiger partial charge in [0.15, 0.2) is 23.3 Å². The first-order valence-corrected chi connectivity index (χ1v) is 28.6. The highest BCUT2D eigenvalue weighted by Gasteiger charge is 2.32. The first kappa shape index (κ1) is 71.2. The maximum absolute atomic E-state index is 13.2. The van der Waals surface area contributed by atoms with Crippen LogP contribution in [0.1, 0.15) is 217 Å². The van der Waals surface area contributed by atoms with Crippen molar-refractivity contribution < 1.29 is 22.0 Å². The van der Waals surface area contributed by atoms with Crippen molar-refractivity contribution in [3.05, 3.63) is 206 Å². The van der Waals surface area contributed by atoms with Crippen molar-refractivity contribution in [2.75, 3.05) is 0 Å². The van der Waals surface area contributed by atoms with Crippen molar-refractivity contribution in [3.63, 3.8) is 0 Å². The molecule has 0 aliphatic carbocycles. The molecule has 0 saturated carbocycles. The molecule has 0 bridgehead atoms. The quantitative estimate of drug-likeness (QED) is 0.0874.